The van der Waals surface area contributed by atoms with Crippen LogP contribution in [0.25, 0.3) is 23.3 Å². The Hall–Kier alpha value is -3.14. The van der Waals surface area contributed by atoms with Crippen LogP contribution in [0.2, 0.25) is 0 Å². The molecule has 2 aliphatic carbocycles. The highest BCUT2D eigenvalue weighted by Crippen LogP contribution is 2.30. The fraction of sp³-hybridized carbons (Fsp3) is 0.192. The quantitative estimate of drug-likeness (QED) is 0.554. The summed E-state index contributed by atoms with van der Waals surface area (Å²) in [4.78, 5) is 13.0. The lowest BCUT2D eigenvalue weighted by molar-refractivity contribution is -0.137. The van der Waals surface area contributed by atoms with Crippen molar-refractivity contribution in [3.8, 4) is 11.1 Å². The third-order valence-corrected chi connectivity index (χ3v) is 6.14. The van der Waals surface area contributed by atoms with Gasteiger partial charge < -0.3 is 0 Å². The molecule has 0 radical (unpaired) electrons. The zero-order chi connectivity index (χ0) is 20.9. The average Bonchev–Trinajstić information content (AvgIpc) is 2.77. The lowest BCUT2D eigenvalue weighted by Crippen LogP contribution is -2.37. The number of carbonyl (C=O) groups is 1. The van der Waals surface area contributed by atoms with Crippen LogP contribution in [0.3, 0.4) is 0 Å². The molecule has 0 heterocycles. The molecular formula is C26H19F3O. The van der Waals surface area contributed by atoms with Gasteiger partial charge in [0.15, 0.2) is 5.78 Å². The fourth-order valence-electron chi connectivity index (χ4n) is 4.56. The summed E-state index contributed by atoms with van der Waals surface area (Å²) in [6, 6.07) is 17.2. The number of carbonyl (C=O) groups excluding carboxylic acids is 1. The third-order valence-electron chi connectivity index (χ3n) is 6.14. The van der Waals surface area contributed by atoms with E-state index in [2.05, 4.69) is 30.3 Å². The van der Waals surface area contributed by atoms with Gasteiger partial charge in [0.05, 0.1) is 5.56 Å². The zero-order valence-electron chi connectivity index (χ0n) is 16.2. The largest absolute Gasteiger partial charge is 0.416 e. The molecule has 0 saturated heterocycles. The molecule has 30 heavy (non-hydrogen) atoms. The van der Waals surface area contributed by atoms with Gasteiger partial charge in [-0.25, -0.2) is 0 Å². The van der Waals surface area contributed by atoms with Crippen LogP contribution >= 0.6 is 0 Å². The minimum atomic E-state index is -4.40. The molecule has 0 N–H and O–H groups in total. The normalized spacial score (nSPS) is 17.1. The number of hydrogen-bond acceptors (Lipinski definition) is 1. The number of benzene rings is 3. The predicted octanol–water partition coefficient (Wildman–Crippen LogP) is 4.93. The van der Waals surface area contributed by atoms with E-state index in [1.54, 1.807) is 0 Å². The van der Waals surface area contributed by atoms with Crippen LogP contribution in [0.4, 0.5) is 13.2 Å². The lowest BCUT2D eigenvalue weighted by Gasteiger charge is -2.21. The van der Waals surface area contributed by atoms with Gasteiger partial charge in [-0.15, -0.1) is 0 Å². The first-order valence-corrected chi connectivity index (χ1v) is 10.1. The van der Waals surface area contributed by atoms with Crippen LogP contribution < -0.4 is 10.4 Å². The fourth-order valence-corrected chi connectivity index (χ4v) is 4.56. The van der Waals surface area contributed by atoms with Gasteiger partial charge in [0.2, 0.25) is 0 Å². The van der Waals surface area contributed by atoms with Crippen molar-refractivity contribution < 1.29 is 18.0 Å². The molecule has 0 aromatic heterocycles. The Bertz CT molecular complexity index is 1270. The van der Waals surface area contributed by atoms with Crippen molar-refractivity contribution in [2.45, 2.75) is 25.4 Å². The predicted molar refractivity (Wildman–Crippen MR) is 111 cm³/mol. The zero-order valence-corrected chi connectivity index (χ0v) is 16.2. The lowest BCUT2D eigenvalue weighted by atomic mass is 9.82. The van der Waals surface area contributed by atoms with Gasteiger partial charge in [0.25, 0.3) is 0 Å². The number of ketones is 1. The van der Waals surface area contributed by atoms with Crippen molar-refractivity contribution in [3.05, 3.63) is 93.4 Å². The summed E-state index contributed by atoms with van der Waals surface area (Å²) in [5.74, 6) is -0.450. The molecular weight excluding hydrogens is 385 g/mol. The van der Waals surface area contributed by atoms with E-state index in [1.165, 1.54) is 34.4 Å². The number of alkyl halides is 3. The SMILES string of the molecule is O=C(c1ccc(C(F)(F)F)cc1)C1C=c2c(ccc3c2=CCc2ccccc2-3)CC1. The number of Topliss-reactive ketones (excluding diaryl/α,β-unsaturated/α-hetero) is 1. The molecule has 0 saturated carbocycles. The summed E-state index contributed by atoms with van der Waals surface area (Å²) in [6.45, 7) is 0. The summed E-state index contributed by atoms with van der Waals surface area (Å²) in [7, 11) is 0. The van der Waals surface area contributed by atoms with E-state index in [4.69, 9.17) is 0 Å². The van der Waals surface area contributed by atoms with Crippen LogP contribution in [0.1, 0.15) is 33.5 Å². The second-order valence-electron chi connectivity index (χ2n) is 7.92. The van der Waals surface area contributed by atoms with Crippen molar-refractivity contribution in [1.82, 2.24) is 0 Å². The molecule has 2 aliphatic rings. The summed E-state index contributed by atoms with van der Waals surface area (Å²) < 4.78 is 38.4. The number of fused-ring (bicyclic) bond motifs is 5. The maximum Gasteiger partial charge on any atom is 0.416 e. The molecule has 150 valence electrons. The number of hydrogen-bond donors (Lipinski definition) is 0. The molecule has 0 spiro atoms. The Morgan fingerprint density at radius 1 is 0.833 bits per heavy atom. The molecule has 0 amide bonds. The van der Waals surface area contributed by atoms with E-state index in [1.807, 2.05) is 18.2 Å². The Balaban J connectivity index is 1.55. The van der Waals surface area contributed by atoms with Crippen LogP contribution in [0.5, 0.6) is 0 Å². The van der Waals surface area contributed by atoms with E-state index in [0.717, 1.165) is 35.4 Å². The maximum absolute atomic E-state index is 13.0. The molecule has 5 rings (SSSR count). The van der Waals surface area contributed by atoms with Crippen molar-refractivity contribution in [1.29, 1.82) is 0 Å². The molecule has 0 aliphatic heterocycles. The van der Waals surface area contributed by atoms with Crippen molar-refractivity contribution in [2.75, 3.05) is 0 Å². The summed E-state index contributed by atoms with van der Waals surface area (Å²) >= 11 is 0. The molecule has 1 unspecified atom stereocenters. The second-order valence-corrected chi connectivity index (χ2v) is 7.92. The van der Waals surface area contributed by atoms with E-state index in [-0.39, 0.29) is 11.7 Å². The van der Waals surface area contributed by atoms with E-state index >= 15 is 0 Å². The third kappa shape index (κ3) is 3.17. The number of halogens is 3. The highest BCUT2D eigenvalue weighted by molar-refractivity contribution is 6.01. The topological polar surface area (TPSA) is 17.1 Å². The molecule has 1 nitrogen and oxygen atoms in total. The minimum Gasteiger partial charge on any atom is -0.294 e. The highest BCUT2D eigenvalue weighted by Gasteiger charge is 2.30. The van der Waals surface area contributed by atoms with Crippen LogP contribution in [0, 0.1) is 5.92 Å². The van der Waals surface area contributed by atoms with Gasteiger partial charge in [-0.05, 0) is 64.1 Å². The van der Waals surface area contributed by atoms with Gasteiger partial charge in [-0.2, -0.15) is 13.2 Å². The van der Waals surface area contributed by atoms with Gasteiger partial charge >= 0.3 is 6.18 Å². The smallest absolute Gasteiger partial charge is 0.294 e. The first kappa shape index (κ1) is 18.9. The molecule has 0 fully saturated rings. The summed E-state index contributed by atoms with van der Waals surface area (Å²) in [6.07, 6.45) is 2.14. The van der Waals surface area contributed by atoms with Crippen LogP contribution in [-0.2, 0) is 19.0 Å². The number of rotatable bonds is 2. The molecule has 1 atom stereocenters. The Kier molecular flexibility index (Phi) is 4.39. The Morgan fingerprint density at radius 3 is 2.37 bits per heavy atom. The summed E-state index contributed by atoms with van der Waals surface area (Å²) in [5.41, 5.74) is 4.50. The van der Waals surface area contributed by atoms with Gasteiger partial charge in [-0.1, -0.05) is 60.7 Å². The van der Waals surface area contributed by atoms with Gasteiger partial charge in [-0.3, -0.25) is 4.79 Å². The van der Waals surface area contributed by atoms with E-state index in [0.29, 0.717) is 12.0 Å². The van der Waals surface area contributed by atoms with Gasteiger partial charge in [0.1, 0.15) is 0 Å². The Morgan fingerprint density at radius 2 is 1.60 bits per heavy atom. The van der Waals surface area contributed by atoms with Gasteiger partial charge in [0, 0.05) is 11.5 Å². The standard InChI is InChI=1S/C26H19F3O/c27-26(28,29)20-11-7-18(8-12-20)25(30)19-6-5-17-10-13-22-21-4-2-1-3-16(21)9-14-23(22)24(17)15-19/h1-4,7-8,10-15,19H,5-6,9H2. The van der Waals surface area contributed by atoms with Crippen LogP contribution in [-0.4, -0.2) is 5.78 Å². The second kappa shape index (κ2) is 6.98. The Labute approximate surface area is 172 Å². The molecule has 3 aromatic carbocycles. The first-order chi connectivity index (χ1) is 14.4. The van der Waals surface area contributed by atoms with E-state index < -0.39 is 11.7 Å². The monoisotopic (exact) mass is 404 g/mol. The minimum absolute atomic E-state index is 0.122. The van der Waals surface area contributed by atoms with Crippen molar-refractivity contribution in [2.24, 2.45) is 5.92 Å². The molecule has 0 bridgehead atoms. The maximum atomic E-state index is 13.0. The molecule has 4 heteroatoms. The number of aryl methyl sites for hydroxylation is 1. The highest BCUT2D eigenvalue weighted by atomic mass is 19.4. The van der Waals surface area contributed by atoms with Crippen molar-refractivity contribution >= 4 is 17.9 Å². The van der Waals surface area contributed by atoms with E-state index in [9.17, 15) is 18.0 Å². The first-order valence-electron chi connectivity index (χ1n) is 10.1. The van der Waals surface area contributed by atoms with Crippen LogP contribution in [0.15, 0.2) is 60.7 Å². The summed E-state index contributed by atoms with van der Waals surface area (Å²) in [5, 5.41) is 2.26. The molecule has 3 aromatic rings. The average molecular weight is 404 g/mol. The van der Waals surface area contributed by atoms with Crippen molar-refractivity contribution in [3.63, 3.8) is 0 Å².